The van der Waals surface area contributed by atoms with Crippen LogP contribution in [0.25, 0.3) is 38.9 Å². The molecule has 2 aliphatic rings. The van der Waals surface area contributed by atoms with Crippen LogP contribution < -0.4 is 20.5 Å². The number of nitrogens with zero attached hydrogens (tertiary/aromatic N) is 7. The molecule has 0 radical (unpaired) electrons. The number of nitrogens with one attached hydrogen (secondary N) is 1. The van der Waals surface area contributed by atoms with Crippen LogP contribution >= 0.6 is 0 Å². The predicted octanol–water partition coefficient (Wildman–Crippen LogP) is 4.16. The predicted molar refractivity (Wildman–Crippen MR) is 171 cm³/mol. The number of piperazine rings is 1. The van der Waals surface area contributed by atoms with Crippen molar-refractivity contribution in [1.82, 2.24) is 29.7 Å². The number of likely N-dealkylation sites (N-methyl/N-ethyl adjacent to an activating group) is 1. The molecule has 2 aromatic heterocycles. The van der Waals surface area contributed by atoms with E-state index in [-0.39, 0.29) is 29.2 Å². The van der Waals surface area contributed by atoms with Crippen molar-refractivity contribution in [2.24, 2.45) is 0 Å². The summed E-state index contributed by atoms with van der Waals surface area (Å²) in [6.45, 7) is 3.35. The van der Waals surface area contributed by atoms with Crippen LogP contribution in [0.3, 0.4) is 0 Å². The molecule has 7 rings (SSSR count). The average molecular weight is 587 g/mol. The van der Waals surface area contributed by atoms with Gasteiger partial charge in [-0.1, -0.05) is 66.7 Å². The van der Waals surface area contributed by atoms with E-state index in [9.17, 15) is 10.1 Å². The van der Waals surface area contributed by atoms with E-state index in [2.05, 4.69) is 28.2 Å². The normalized spacial score (nSPS) is 19.0. The minimum atomic E-state index is -0.291. The summed E-state index contributed by atoms with van der Waals surface area (Å²) in [7, 11) is 2.10. The van der Waals surface area contributed by atoms with Crippen molar-refractivity contribution in [2.75, 3.05) is 44.7 Å². The topological polar surface area (TPSA) is 112 Å². The van der Waals surface area contributed by atoms with Crippen LogP contribution in [0.2, 0.25) is 0 Å². The first-order valence-electron chi connectivity index (χ1n) is 15.2. The van der Waals surface area contributed by atoms with Gasteiger partial charge in [-0.15, -0.1) is 0 Å². The largest absolute Gasteiger partial charge is 0.462 e. The number of hydrogen-bond donors (Lipinski definition) is 1. The lowest BCUT2D eigenvalue weighted by molar-refractivity contribution is 0.188. The smallest absolute Gasteiger partial charge is 0.319 e. The fourth-order valence-corrected chi connectivity index (χ4v) is 6.35. The number of benzene rings is 3. The molecule has 2 atom stereocenters. The molecule has 5 aromatic rings. The molecule has 0 amide bonds. The van der Waals surface area contributed by atoms with Crippen molar-refractivity contribution in [2.45, 2.75) is 31.3 Å². The van der Waals surface area contributed by atoms with Crippen molar-refractivity contribution < 1.29 is 4.74 Å². The van der Waals surface area contributed by atoms with E-state index in [4.69, 9.17) is 19.7 Å². The highest BCUT2D eigenvalue weighted by Gasteiger charge is 2.28. The molecule has 0 unspecified atom stereocenters. The fraction of sp³-hybridized carbons (Fsp3) is 0.324. The molecule has 2 aliphatic heterocycles. The number of likely N-dealkylation sites (tertiary alicyclic amines) is 1. The first-order chi connectivity index (χ1) is 21.6. The van der Waals surface area contributed by atoms with Gasteiger partial charge in [-0.05, 0) is 37.9 Å². The van der Waals surface area contributed by atoms with Gasteiger partial charge < -0.3 is 19.9 Å². The molecule has 4 heterocycles. The van der Waals surface area contributed by atoms with Gasteiger partial charge in [-0.2, -0.15) is 15.2 Å². The summed E-state index contributed by atoms with van der Waals surface area (Å²) >= 11 is 0. The lowest BCUT2D eigenvalue weighted by atomic mass is 10.1. The number of nitriles is 1. The average Bonchev–Trinajstić information content (AvgIpc) is 3.48. The monoisotopic (exact) mass is 586 g/mol. The first-order valence-corrected chi connectivity index (χ1v) is 15.2. The van der Waals surface area contributed by atoms with E-state index in [1.54, 1.807) is 4.57 Å². The van der Waals surface area contributed by atoms with E-state index >= 15 is 0 Å². The Labute approximate surface area is 255 Å². The highest BCUT2D eigenvalue weighted by molar-refractivity contribution is 5.92. The molecular formula is C34H34N8O2. The van der Waals surface area contributed by atoms with Gasteiger partial charge in [0.05, 0.1) is 18.2 Å². The van der Waals surface area contributed by atoms with Gasteiger partial charge in [-0.25, -0.2) is 4.98 Å². The second-order valence-corrected chi connectivity index (χ2v) is 11.5. The Balaban J connectivity index is 1.46. The number of rotatable bonds is 7. The third-order valence-corrected chi connectivity index (χ3v) is 8.69. The minimum Gasteiger partial charge on any atom is -0.462 e. The molecule has 0 saturated carbocycles. The van der Waals surface area contributed by atoms with Crippen LogP contribution in [-0.2, 0) is 0 Å². The zero-order valence-electron chi connectivity index (χ0n) is 24.7. The van der Waals surface area contributed by atoms with Crippen molar-refractivity contribution in [3.8, 4) is 29.2 Å². The van der Waals surface area contributed by atoms with Crippen LogP contribution in [0, 0.1) is 11.3 Å². The molecule has 44 heavy (non-hydrogen) atoms. The van der Waals surface area contributed by atoms with Crippen LogP contribution in [0.5, 0.6) is 6.01 Å². The van der Waals surface area contributed by atoms with Gasteiger partial charge >= 0.3 is 6.01 Å². The summed E-state index contributed by atoms with van der Waals surface area (Å²) in [5.74, 6) is 1.06. The van der Waals surface area contributed by atoms with Gasteiger partial charge in [0.15, 0.2) is 11.3 Å². The van der Waals surface area contributed by atoms with Crippen LogP contribution in [0.1, 0.15) is 19.3 Å². The Hall–Kier alpha value is -4.85. The molecule has 0 bridgehead atoms. The number of fused-ring (bicyclic) bond motifs is 2. The van der Waals surface area contributed by atoms with Crippen LogP contribution in [-0.4, -0.2) is 76.3 Å². The molecular weight excluding hydrogens is 552 g/mol. The quantitative estimate of drug-likeness (QED) is 0.300. The van der Waals surface area contributed by atoms with E-state index in [0.29, 0.717) is 49.8 Å². The second kappa shape index (κ2) is 12.0. The molecule has 3 aromatic carbocycles. The Morgan fingerprint density at radius 2 is 1.80 bits per heavy atom. The molecule has 0 spiro atoms. The van der Waals surface area contributed by atoms with Crippen molar-refractivity contribution >= 4 is 27.6 Å². The van der Waals surface area contributed by atoms with Gasteiger partial charge in [0.25, 0.3) is 5.56 Å². The van der Waals surface area contributed by atoms with Gasteiger partial charge in [-0.3, -0.25) is 9.36 Å². The van der Waals surface area contributed by atoms with Crippen molar-refractivity contribution in [3.63, 3.8) is 0 Å². The van der Waals surface area contributed by atoms with Crippen LogP contribution in [0.4, 0.5) is 5.82 Å². The second-order valence-electron chi connectivity index (χ2n) is 11.5. The maximum atomic E-state index is 14.7. The number of hydrogen-bond acceptors (Lipinski definition) is 9. The third-order valence-electron chi connectivity index (χ3n) is 8.69. The molecule has 1 N–H and O–H groups in total. The Morgan fingerprint density at radius 1 is 0.977 bits per heavy atom. The Morgan fingerprint density at radius 3 is 2.61 bits per heavy atom. The minimum absolute atomic E-state index is 0.0279. The zero-order valence-corrected chi connectivity index (χ0v) is 24.7. The van der Waals surface area contributed by atoms with E-state index in [1.165, 1.54) is 0 Å². The maximum Gasteiger partial charge on any atom is 0.319 e. The van der Waals surface area contributed by atoms with Gasteiger partial charge in [0, 0.05) is 42.7 Å². The van der Waals surface area contributed by atoms with Crippen molar-refractivity contribution in [3.05, 3.63) is 83.2 Å². The first kappa shape index (κ1) is 28.0. The van der Waals surface area contributed by atoms with E-state index in [0.717, 1.165) is 41.4 Å². The molecule has 10 heteroatoms. The fourth-order valence-electron chi connectivity index (χ4n) is 6.35. The molecule has 222 valence electrons. The molecule has 2 saturated heterocycles. The summed E-state index contributed by atoms with van der Waals surface area (Å²) in [5, 5.41) is 14.8. The van der Waals surface area contributed by atoms with Gasteiger partial charge in [0.2, 0.25) is 0 Å². The van der Waals surface area contributed by atoms with Crippen LogP contribution in [0.15, 0.2) is 77.6 Å². The summed E-state index contributed by atoms with van der Waals surface area (Å²) < 4.78 is 7.89. The number of aromatic nitrogens is 4. The lowest BCUT2D eigenvalue weighted by Gasteiger charge is -2.34. The molecule has 10 nitrogen and oxygen atoms in total. The van der Waals surface area contributed by atoms with E-state index < -0.39 is 0 Å². The highest BCUT2D eigenvalue weighted by atomic mass is 16.5. The summed E-state index contributed by atoms with van der Waals surface area (Å²) in [4.78, 5) is 33.9. The summed E-state index contributed by atoms with van der Waals surface area (Å²) in [5.41, 5.74) is 1.87. The molecule has 0 aliphatic carbocycles. The maximum absolute atomic E-state index is 14.7. The lowest BCUT2D eigenvalue weighted by Crippen LogP contribution is -2.51. The zero-order chi connectivity index (χ0) is 30.0. The van der Waals surface area contributed by atoms with Crippen molar-refractivity contribution in [1.29, 1.82) is 5.26 Å². The number of ether oxygens (including phenoxy) is 1. The summed E-state index contributed by atoms with van der Waals surface area (Å²) in [6.07, 6.45) is 2.53. The molecule has 2 fully saturated rings. The van der Waals surface area contributed by atoms with E-state index in [1.807, 2.05) is 72.8 Å². The summed E-state index contributed by atoms with van der Waals surface area (Å²) in [6, 6.07) is 26.4. The third kappa shape index (κ3) is 5.25. The Kier molecular flexibility index (Phi) is 7.64. The van der Waals surface area contributed by atoms with Gasteiger partial charge in [0.1, 0.15) is 17.9 Å². The highest BCUT2D eigenvalue weighted by Crippen LogP contribution is 2.31. The SMILES string of the molecule is CN1CCC[C@H]1COc1nc(N2CCN[C@@H](CC#N)C2)c2nc(-c3ccccc3)n(-c3cccc4ccccc34)c(=O)c2n1. The standard InChI is InChI=1S/C34H34N8O2/c1-40-19-8-13-26(40)22-44-34-38-30-29(32(39-34)41-20-18-36-25(21-41)16-17-35)37-31(24-10-3-2-4-11-24)42(33(30)43)28-15-7-12-23-9-5-6-14-27(23)28/h2-7,9-12,14-15,25-26,36H,8,13,16,18-22H2,1H3/t25-,26-/m0/s1. The Bertz CT molecular complexity index is 1910. The number of anilines is 1.